The Balaban J connectivity index is 1.43. The summed E-state index contributed by atoms with van der Waals surface area (Å²) in [4.78, 5) is 2.66. The number of hydrogen-bond acceptors (Lipinski definition) is 3. The Morgan fingerprint density at radius 2 is 2.06 bits per heavy atom. The van der Waals surface area contributed by atoms with Crippen molar-refractivity contribution in [2.45, 2.75) is 51.2 Å². The van der Waals surface area contributed by atoms with Gasteiger partial charge in [0.15, 0.2) is 0 Å². The first-order chi connectivity index (χ1) is 8.33. The zero-order chi connectivity index (χ0) is 11.7. The Bertz CT molecular complexity index is 362. The summed E-state index contributed by atoms with van der Waals surface area (Å²) in [5.41, 5.74) is 1.26. The molecular weight excluding hydrogens is 212 g/mol. The molecule has 2 aliphatic rings. The van der Waals surface area contributed by atoms with E-state index in [0.29, 0.717) is 6.04 Å². The van der Waals surface area contributed by atoms with E-state index in [-0.39, 0.29) is 0 Å². The van der Waals surface area contributed by atoms with Gasteiger partial charge in [0.2, 0.25) is 0 Å². The van der Waals surface area contributed by atoms with Gasteiger partial charge in [0.1, 0.15) is 5.76 Å². The monoisotopic (exact) mass is 234 g/mol. The van der Waals surface area contributed by atoms with Crippen molar-refractivity contribution in [2.75, 3.05) is 13.1 Å². The molecule has 0 unspecified atom stereocenters. The lowest BCUT2D eigenvalue weighted by Gasteiger charge is -2.32. The maximum absolute atomic E-state index is 5.45. The molecule has 1 aliphatic heterocycles. The highest BCUT2D eigenvalue weighted by Crippen LogP contribution is 2.29. The largest absolute Gasteiger partial charge is 0.468 e. The number of furan rings is 1. The molecule has 0 radical (unpaired) electrons. The summed E-state index contributed by atoms with van der Waals surface area (Å²) in [5, 5.41) is 3.62. The van der Waals surface area contributed by atoms with E-state index >= 15 is 0 Å². The van der Waals surface area contributed by atoms with Gasteiger partial charge in [-0.05, 0) is 57.3 Å². The van der Waals surface area contributed by atoms with Crippen molar-refractivity contribution >= 4 is 0 Å². The predicted octanol–water partition coefficient (Wildman–Crippen LogP) is 2.30. The number of rotatable bonds is 4. The van der Waals surface area contributed by atoms with Gasteiger partial charge in [0.25, 0.3) is 0 Å². The Kier molecular flexibility index (Phi) is 3.21. The highest BCUT2D eigenvalue weighted by atomic mass is 16.3. The van der Waals surface area contributed by atoms with Crippen LogP contribution in [0.15, 0.2) is 16.7 Å². The lowest BCUT2D eigenvalue weighted by molar-refractivity contribution is 0.187. The van der Waals surface area contributed by atoms with E-state index in [9.17, 15) is 0 Å². The fraction of sp³-hybridized carbons (Fsp3) is 0.714. The van der Waals surface area contributed by atoms with Crippen LogP contribution in [0.4, 0.5) is 0 Å². The van der Waals surface area contributed by atoms with Crippen LogP contribution >= 0.6 is 0 Å². The zero-order valence-corrected chi connectivity index (χ0v) is 10.6. The summed E-state index contributed by atoms with van der Waals surface area (Å²) < 4.78 is 5.45. The summed E-state index contributed by atoms with van der Waals surface area (Å²) in [6.07, 6.45) is 7.22. The third-order valence-electron chi connectivity index (χ3n) is 4.11. The highest BCUT2D eigenvalue weighted by molar-refractivity contribution is 5.14. The maximum atomic E-state index is 5.45. The minimum absolute atomic E-state index is 0.675. The topological polar surface area (TPSA) is 28.4 Å². The second-order valence-corrected chi connectivity index (χ2v) is 5.45. The quantitative estimate of drug-likeness (QED) is 0.866. The molecule has 0 bridgehead atoms. The van der Waals surface area contributed by atoms with Gasteiger partial charge < -0.3 is 14.6 Å². The van der Waals surface area contributed by atoms with E-state index in [1.165, 1.54) is 44.3 Å². The minimum atomic E-state index is 0.675. The minimum Gasteiger partial charge on any atom is -0.468 e. The van der Waals surface area contributed by atoms with Gasteiger partial charge in [-0.1, -0.05) is 0 Å². The molecule has 1 aliphatic carbocycles. The van der Waals surface area contributed by atoms with E-state index in [0.717, 1.165) is 18.3 Å². The second-order valence-electron chi connectivity index (χ2n) is 5.45. The van der Waals surface area contributed by atoms with E-state index in [2.05, 4.69) is 17.1 Å². The van der Waals surface area contributed by atoms with Crippen LogP contribution in [0.5, 0.6) is 0 Å². The van der Waals surface area contributed by atoms with Crippen molar-refractivity contribution < 1.29 is 4.42 Å². The predicted molar refractivity (Wildman–Crippen MR) is 67.9 cm³/mol. The number of nitrogens with one attached hydrogen (secondary N) is 1. The number of likely N-dealkylation sites (tertiary alicyclic amines) is 1. The first-order valence-corrected chi connectivity index (χ1v) is 6.83. The van der Waals surface area contributed by atoms with Crippen LogP contribution < -0.4 is 5.32 Å². The average molecular weight is 234 g/mol. The van der Waals surface area contributed by atoms with Crippen molar-refractivity contribution in [2.24, 2.45) is 0 Å². The third-order valence-corrected chi connectivity index (χ3v) is 4.11. The summed E-state index contributed by atoms with van der Waals surface area (Å²) in [7, 11) is 0. The van der Waals surface area contributed by atoms with Crippen molar-refractivity contribution in [3.05, 3.63) is 23.7 Å². The van der Waals surface area contributed by atoms with E-state index in [4.69, 9.17) is 4.42 Å². The van der Waals surface area contributed by atoms with Crippen LogP contribution in [0.1, 0.15) is 37.0 Å². The molecule has 2 heterocycles. The molecule has 0 aromatic carbocycles. The first kappa shape index (κ1) is 11.3. The molecule has 17 heavy (non-hydrogen) atoms. The number of aryl methyl sites for hydroxylation is 1. The molecule has 94 valence electrons. The molecule has 1 aromatic rings. The fourth-order valence-corrected chi connectivity index (χ4v) is 2.73. The standard InChI is InChI=1S/C14H22N2O/c1-11-6-9-17-14(11)10-15-12-4-7-16(8-5-12)13-2-3-13/h6,9,12-13,15H,2-5,7-8,10H2,1H3. The van der Waals surface area contributed by atoms with Crippen LogP contribution in [0.2, 0.25) is 0 Å². The zero-order valence-electron chi connectivity index (χ0n) is 10.6. The molecule has 1 aromatic heterocycles. The van der Waals surface area contributed by atoms with Crippen molar-refractivity contribution in [3.8, 4) is 0 Å². The number of hydrogen-bond donors (Lipinski definition) is 1. The van der Waals surface area contributed by atoms with Crippen molar-refractivity contribution in [1.29, 1.82) is 0 Å². The van der Waals surface area contributed by atoms with Gasteiger partial charge in [-0.15, -0.1) is 0 Å². The Labute approximate surface area is 103 Å². The van der Waals surface area contributed by atoms with E-state index < -0.39 is 0 Å². The van der Waals surface area contributed by atoms with Crippen molar-refractivity contribution in [1.82, 2.24) is 10.2 Å². The summed E-state index contributed by atoms with van der Waals surface area (Å²) in [6, 6.07) is 3.64. The molecule has 1 saturated carbocycles. The maximum Gasteiger partial charge on any atom is 0.120 e. The molecule has 2 fully saturated rings. The summed E-state index contributed by atoms with van der Waals surface area (Å²) in [5.74, 6) is 1.09. The highest BCUT2D eigenvalue weighted by Gasteiger charge is 2.31. The van der Waals surface area contributed by atoms with Crippen LogP contribution in [-0.2, 0) is 6.54 Å². The lowest BCUT2D eigenvalue weighted by Crippen LogP contribution is -2.43. The SMILES string of the molecule is Cc1ccoc1CNC1CCN(C2CC2)CC1. The Morgan fingerprint density at radius 3 is 2.65 bits per heavy atom. The molecule has 3 heteroatoms. The molecule has 1 N–H and O–H groups in total. The Hall–Kier alpha value is -0.800. The van der Waals surface area contributed by atoms with Crippen molar-refractivity contribution in [3.63, 3.8) is 0 Å². The Morgan fingerprint density at radius 1 is 1.29 bits per heavy atom. The second kappa shape index (κ2) is 4.83. The molecule has 0 amide bonds. The van der Waals surface area contributed by atoms with E-state index in [1.807, 2.05) is 6.07 Å². The first-order valence-electron chi connectivity index (χ1n) is 6.83. The molecule has 3 rings (SSSR count). The molecule has 0 spiro atoms. The van der Waals surface area contributed by atoms with Gasteiger partial charge in [0.05, 0.1) is 12.8 Å². The van der Waals surface area contributed by atoms with Gasteiger partial charge in [-0.3, -0.25) is 0 Å². The van der Waals surface area contributed by atoms with Gasteiger partial charge in [-0.2, -0.15) is 0 Å². The molecule has 1 saturated heterocycles. The smallest absolute Gasteiger partial charge is 0.120 e. The van der Waals surface area contributed by atoms with Gasteiger partial charge >= 0.3 is 0 Å². The normalized spacial score (nSPS) is 23.1. The third kappa shape index (κ3) is 2.72. The van der Waals surface area contributed by atoms with Crippen LogP contribution in [0.3, 0.4) is 0 Å². The number of piperidine rings is 1. The van der Waals surface area contributed by atoms with Gasteiger partial charge in [-0.25, -0.2) is 0 Å². The molecular formula is C14H22N2O. The van der Waals surface area contributed by atoms with Crippen LogP contribution in [-0.4, -0.2) is 30.1 Å². The van der Waals surface area contributed by atoms with Crippen LogP contribution in [0.25, 0.3) is 0 Å². The lowest BCUT2D eigenvalue weighted by atomic mass is 10.0. The summed E-state index contributed by atoms with van der Waals surface area (Å²) in [6.45, 7) is 5.54. The van der Waals surface area contributed by atoms with Crippen LogP contribution in [0, 0.1) is 6.92 Å². The fourth-order valence-electron chi connectivity index (χ4n) is 2.73. The number of nitrogens with zero attached hydrogens (tertiary/aromatic N) is 1. The average Bonchev–Trinajstić information content (AvgIpc) is 3.12. The molecule has 3 nitrogen and oxygen atoms in total. The van der Waals surface area contributed by atoms with E-state index in [1.54, 1.807) is 6.26 Å². The molecule has 0 atom stereocenters. The summed E-state index contributed by atoms with van der Waals surface area (Å²) >= 11 is 0. The van der Waals surface area contributed by atoms with Gasteiger partial charge in [0, 0.05) is 12.1 Å².